The summed E-state index contributed by atoms with van der Waals surface area (Å²) in [5.74, 6) is 0.176. The van der Waals surface area contributed by atoms with E-state index in [1.54, 1.807) is 12.3 Å². The third-order valence-electron chi connectivity index (χ3n) is 5.44. The van der Waals surface area contributed by atoms with E-state index in [1.807, 2.05) is 18.2 Å². The zero-order valence-corrected chi connectivity index (χ0v) is 12.9. The summed E-state index contributed by atoms with van der Waals surface area (Å²) in [6.45, 7) is 2.13. The normalized spacial score (nSPS) is 27.4. The summed E-state index contributed by atoms with van der Waals surface area (Å²) in [5, 5.41) is 0. The monoisotopic (exact) mass is 312 g/mol. The number of hydrogen-bond donors (Lipinski definition) is 1. The number of hydrogen-bond acceptors (Lipinski definition) is 4. The molecule has 23 heavy (non-hydrogen) atoms. The highest BCUT2D eigenvalue weighted by molar-refractivity contribution is 5.82. The molecule has 1 amide bonds. The number of pyridine rings is 1. The minimum atomic E-state index is -0.369. The molecule has 1 saturated carbocycles. The van der Waals surface area contributed by atoms with Crippen LogP contribution in [0, 0.1) is 11.3 Å². The Bertz CT molecular complexity index is 831. The van der Waals surface area contributed by atoms with Gasteiger partial charge in [0.2, 0.25) is 5.91 Å². The minimum Gasteiger partial charge on any atom is -0.369 e. The fourth-order valence-corrected chi connectivity index (χ4v) is 4.33. The number of primary amides is 1. The molecule has 0 aromatic carbocycles. The van der Waals surface area contributed by atoms with Crippen molar-refractivity contribution >= 4 is 11.6 Å². The predicted octanol–water partition coefficient (Wildman–Crippen LogP) is 0.782. The molecular weight excluding hydrogens is 292 g/mol. The number of fused-ring (bicyclic) bond motifs is 2. The largest absolute Gasteiger partial charge is 0.369 e. The molecule has 1 aliphatic heterocycles. The molecule has 2 aromatic rings. The van der Waals surface area contributed by atoms with Crippen LogP contribution in [0.1, 0.15) is 25.0 Å². The Morgan fingerprint density at radius 1 is 1.43 bits per heavy atom. The second-order valence-electron chi connectivity index (χ2n) is 6.79. The first-order valence-corrected chi connectivity index (χ1v) is 8.08. The smallest absolute Gasteiger partial charge is 0.258 e. The van der Waals surface area contributed by atoms with E-state index >= 15 is 0 Å². The van der Waals surface area contributed by atoms with Gasteiger partial charge in [-0.3, -0.25) is 18.9 Å². The van der Waals surface area contributed by atoms with E-state index in [2.05, 4.69) is 9.88 Å². The van der Waals surface area contributed by atoms with Gasteiger partial charge in [-0.15, -0.1) is 0 Å². The molecule has 4 rings (SSSR count). The Hall–Kier alpha value is -2.21. The number of carbonyl (C=O) groups excluding carboxylic acids is 1. The number of rotatable bonds is 3. The van der Waals surface area contributed by atoms with Crippen molar-refractivity contribution in [1.29, 1.82) is 0 Å². The van der Waals surface area contributed by atoms with E-state index in [0.29, 0.717) is 24.7 Å². The molecule has 0 bridgehead atoms. The first-order chi connectivity index (χ1) is 11.1. The molecule has 0 unspecified atom stereocenters. The number of nitrogens with zero attached hydrogens (tertiary/aromatic N) is 3. The van der Waals surface area contributed by atoms with Gasteiger partial charge in [0.15, 0.2) is 0 Å². The Morgan fingerprint density at radius 3 is 3.09 bits per heavy atom. The number of carbonyl (C=O) groups is 1. The Morgan fingerprint density at radius 2 is 2.30 bits per heavy atom. The molecule has 3 heterocycles. The molecule has 2 aromatic heterocycles. The van der Waals surface area contributed by atoms with E-state index in [-0.39, 0.29) is 16.9 Å². The lowest BCUT2D eigenvalue weighted by Crippen LogP contribution is -2.40. The number of likely N-dealkylation sites (tertiary alicyclic amines) is 1. The highest BCUT2D eigenvalue weighted by Gasteiger charge is 2.53. The van der Waals surface area contributed by atoms with Crippen molar-refractivity contribution in [3.63, 3.8) is 0 Å². The Kier molecular flexibility index (Phi) is 3.23. The molecule has 1 saturated heterocycles. The molecule has 2 N–H and O–H groups in total. The molecule has 6 heteroatoms. The lowest BCUT2D eigenvalue weighted by Gasteiger charge is -2.24. The van der Waals surface area contributed by atoms with Crippen molar-refractivity contribution in [2.24, 2.45) is 17.1 Å². The second kappa shape index (κ2) is 5.16. The van der Waals surface area contributed by atoms with Crippen molar-refractivity contribution in [3.8, 4) is 0 Å². The molecule has 0 radical (unpaired) electrons. The third-order valence-corrected chi connectivity index (χ3v) is 5.44. The quantitative estimate of drug-likeness (QED) is 0.908. The van der Waals surface area contributed by atoms with Gasteiger partial charge in [-0.2, -0.15) is 0 Å². The van der Waals surface area contributed by atoms with Crippen LogP contribution >= 0.6 is 0 Å². The Balaban J connectivity index is 1.60. The number of aromatic nitrogens is 2. The molecule has 2 fully saturated rings. The van der Waals surface area contributed by atoms with Crippen molar-refractivity contribution < 1.29 is 4.79 Å². The van der Waals surface area contributed by atoms with Crippen molar-refractivity contribution in [1.82, 2.24) is 14.3 Å². The minimum absolute atomic E-state index is 0.0744. The third kappa shape index (κ3) is 2.25. The number of nitrogens with two attached hydrogens (primary N) is 1. The molecule has 1 aliphatic carbocycles. The fraction of sp³-hybridized carbons (Fsp3) is 0.471. The summed E-state index contributed by atoms with van der Waals surface area (Å²) >= 11 is 0. The lowest BCUT2D eigenvalue weighted by molar-refractivity contribution is -0.128. The first-order valence-electron chi connectivity index (χ1n) is 8.08. The molecule has 0 spiro atoms. The van der Waals surface area contributed by atoms with Gasteiger partial charge in [-0.05, 0) is 30.9 Å². The van der Waals surface area contributed by atoms with Crippen molar-refractivity contribution in [2.75, 3.05) is 13.1 Å². The summed E-state index contributed by atoms with van der Waals surface area (Å²) in [6, 6.07) is 7.09. The maximum atomic E-state index is 12.2. The summed E-state index contributed by atoms with van der Waals surface area (Å²) < 4.78 is 1.53. The average molecular weight is 312 g/mol. The van der Waals surface area contributed by atoms with Crippen LogP contribution in [0.5, 0.6) is 0 Å². The molecule has 2 atom stereocenters. The van der Waals surface area contributed by atoms with Gasteiger partial charge in [0.25, 0.3) is 5.56 Å². The van der Waals surface area contributed by atoms with Gasteiger partial charge in [0.1, 0.15) is 5.65 Å². The van der Waals surface area contributed by atoms with Crippen LogP contribution in [0.2, 0.25) is 0 Å². The maximum absolute atomic E-state index is 12.2. The van der Waals surface area contributed by atoms with Crippen LogP contribution in [0.25, 0.3) is 5.65 Å². The summed E-state index contributed by atoms with van der Waals surface area (Å²) in [4.78, 5) is 30.9. The van der Waals surface area contributed by atoms with Crippen LogP contribution in [0.15, 0.2) is 35.3 Å². The van der Waals surface area contributed by atoms with Gasteiger partial charge in [0.05, 0.1) is 11.1 Å². The maximum Gasteiger partial charge on any atom is 0.258 e. The summed E-state index contributed by atoms with van der Waals surface area (Å²) in [5.41, 5.74) is 6.65. The van der Waals surface area contributed by atoms with Gasteiger partial charge in [-0.1, -0.05) is 12.5 Å². The zero-order valence-electron chi connectivity index (χ0n) is 12.9. The second-order valence-corrected chi connectivity index (χ2v) is 6.79. The Labute approximate surface area is 133 Å². The van der Waals surface area contributed by atoms with E-state index in [4.69, 9.17) is 5.73 Å². The molecular formula is C17H20N4O2. The fourth-order valence-electron chi connectivity index (χ4n) is 4.33. The SMILES string of the molecule is NC(=O)[C@]12CCC[C@H]1CN(Cc1cc(=O)n3ccccc3n1)C2. The van der Waals surface area contributed by atoms with Crippen LogP contribution < -0.4 is 11.3 Å². The van der Waals surface area contributed by atoms with E-state index < -0.39 is 0 Å². The van der Waals surface area contributed by atoms with Crippen molar-refractivity contribution in [3.05, 3.63) is 46.5 Å². The first kappa shape index (κ1) is 14.4. The topological polar surface area (TPSA) is 80.7 Å². The van der Waals surface area contributed by atoms with Gasteiger partial charge in [-0.25, -0.2) is 4.98 Å². The highest BCUT2D eigenvalue weighted by Crippen LogP contribution is 2.48. The predicted molar refractivity (Wildman–Crippen MR) is 85.7 cm³/mol. The molecule has 6 nitrogen and oxygen atoms in total. The highest BCUT2D eigenvalue weighted by atomic mass is 16.1. The number of amides is 1. The lowest BCUT2D eigenvalue weighted by atomic mass is 9.80. The van der Waals surface area contributed by atoms with Crippen LogP contribution in [0.3, 0.4) is 0 Å². The average Bonchev–Trinajstić information content (AvgIpc) is 3.05. The standard InChI is InChI=1S/C17H20N4O2/c18-16(23)17-6-3-4-12(17)9-20(11-17)10-13-8-15(22)21-7-2-1-5-14(21)19-13/h1-2,5,7-8,12H,3-4,6,9-11H2,(H2,18,23)/t12-,17-/m0/s1. The molecule has 2 aliphatic rings. The summed E-state index contributed by atoms with van der Waals surface area (Å²) in [7, 11) is 0. The zero-order chi connectivity index (χ0) is 16.0. The molecule has 120 valence electrons. The van der Waals surface area contributed by atoms with Crippen LogP contribution in [0.4, 0.5) is 0 Å². The van der Waals surface area contributed by atoms with E-state index in [1.165, 1.54) is 4.40 Å². The van der Waals surface area contributed by atoms with Gasteiger partial charge < -0.3 is 5.73 Å². The van der Waals surface area contributed by atoms with Gasteiger partial charge in [0, 0.05) is 31.9 Å². The van der Waals surface area contributed by atoms with E-state index in [0.717, 1.165) is 31.5 Å². The van der Waals surface area contributed by atoms with Gasteiger partial charge >= 0.3 is 0 Å². The van der Waals surface area contributed by atoms with Crippen LogP contribution in [-0.2, 0) is 11.3 Å². The van der Waals surface area contributed by atoms with E-state index in [9.17, 15) is 9.59 Å². The van der Waals surface area contributed by atoms with Crippen LogP contribution in [-0.4, -0.2) is 33.3 Å². The summed E-state index contributed by atoms with van der Waals surface area (Å²) in [6.07, 6.45) is 4.75. The van der Waals surface area contributed by atoms with Crippen molar-refractivity contribution in [2.45, 2.75) is 25.8 Å².